The average Bonchev–Trinajstić information content (AvgIpc) is 2.68. The number of hydrogen-bond donors (Lipinski definition) is 2. The van der Waals surface area contributed by atoms with E-state index in [2.05, 4.69) is 15.2 Å². The summed E-state index contributed by atoms with van der Waals surface area (Å²) < 4.78 is 0. The monoisotopic (exact) mass is 346 g/mol. The first-order valence-electron chi connectivity index (χ1n) is 9.47. The molecule has 1 aromatic rings. The Hall–Kier alpha value is -1.82. The van der Waals surface area contributed by atoms with E-state index in [1.807, 2.05) is 36.3 Å². The minimum Gasteiger partial charge on any atom is -0.396 e. The van der Waals surface area contributed by atoms with E-state index in [9.17, 15) is 9.90 Å². The number of amides is 2. The lowest BCUT2D eigenvalue weighted by atomic mass is 9.86. The Kier molecular flexibility index (Phi) is 6.13. The minimum absolute atomic E-state index is 0.0451. The number of anilines is 1. The van der Waals surface area contributed by atoms with Gasteiger partial charge in [-0.1, -0.05) is 6.07 Å². The van der Waals surface area contributed by atoms with Crippen LogP contribution in [0.5, 0.6) is 0 Å². The third kappa shape index (κ3) is 4.63. The third-order valence-corrected chi connectivity index (χ3v) is 5.74. The van der Waals surface area contributed by atoms with Crippen LogP contribution in [0.1, 0.15) is 38.5 Å². The molecule has 0 unspecified atom stereocenters. The van der Waals surface area contributed by atoms with Crippen LogP contribution in [0, 0.1) is 5.92 Å². The molecule has 25 heavy (non-hydrogen) atoms. The van der Waals surface area contributed by atoms with Crippen LogP contribution in [0.2, 0.25) is 0 Å². The zero-order chi connectivity index (χ0) is 17.6. The fourth-order valence-electron chi connectivity index (χ4n) is 3.95. The van der Waals surface area contributed by atoms with Gasteiger partial charge in [-0.25, -0.2) is 9.78 Å². The molecule has 2 N–H and O–H groups in total. The smallest absolute Gasteiger partial charge is 0.317 e. The van der Waals surface area contributed by atoms with Crippen LogP contribution in [0.4, 0.5) is 10.6 Å². The summed E-state index contributed by atoms with van der Waals surface area (Å²) in [7, 11) is 1.91. The van der Waals surface area contributed by atoms with Crippen LogP contribution in [-0.4, -0.2) is 59.8 Å². The lowest BCUT2D eigenvalue weighted by Crippen LogP contribution is -2.51. The Morgan fingerprint density at radius 1 is 1.24 bits per heavy atom. The van der Waals surface area contributed by atoms with Crippen molar-refractivity contribution in [3.05, 3.63) is 24.4 Å². The zero-order valence-electron chi connectivity index (χ0n) is 15.1. The van der Waals surface area contributed by atoms with E-state index in [0.29, 0.717) is 12.0 Å². The summed E-state index contributed by atoms with van der Waals surface area (Å²) in [5.41, 5.74) is 0. The highest BCUT2D eigenvalue weighted by Crippen LogP contribution is 2.27. The number of nitrogens with one attached hydrogen (secondary N) is 1. The molecular weight excluding hydrogens is 316 g/mol. The second-order valence-corrected chi connectivity index (χ2v) is 7.37. The summed E-state index contributed by atoms with van der Waals surface area (Å²) in [5.74, 6) is 1.44. The number of aliphatic hydroxyl groups is 1. The predicted octanol–water partition coefficient (Wildman–Crippen LogP) is 2.24. The van der Waals surface area contributed by atoms with Crippen LogP contribution in [0.3, 0.4) is 0 Å². The van der Waals surface area contributed by atoms with Gasteiger partial charge in [0.1, 0.15) is 5.82 Å². The van der Waals surface area contributed by atoms with Gasteiger partial charge in [-0.15, -0.1) is 0 Å². The van der Waals surface area contributed by atoms with E-state index in [1.165, 1.54) is 0 Å². The number of aliphatic hydroxyl groups excluding tert-OH is 1. The number of aromatic nitrogens is 1. The Labute approximate surface area is 150 Å². The Bertz CT molecular complexity index is 538. The molecule has 0 radical (unpaired) electrons. The molecule has 6 nitrogen and oxygen atoms in total. The van der Waals surface area contributed by atoms with Crippen molar-refractivity contribution in [3.8, 4) is 0 Å². The van der Waals surface area contributed by atoms with E-state index in [4.69, 9.17) is 0 Å². The molecule has 1 aliphatic carbocycles. The summed E-state index contributed by atoms with van der Waals surface area (Å²) >= 11 is 0. The number of carbonyl (C=O) groups is 1. The molecule has 2 amide bonds. The predicted molar refractivity (Wildman–Crippen MR) is 98.6 cm³/mol. The van der Waals surface area contributed by atoms with Crippen LogP contribution in [0.15, 0.2) is 24.4 Å². The molecule has 1 aromatic heterocycles. The number of carbonyl (C=O) groups excluding carboxylic acids is 1. The van der Waals surface area contributed by atoms with E-state index >= 15 is 0 Å². The van der Waals surface area contributed by atoms with Crippen molar-refractivity contribution in [3.63, 3.8) is 0 Å². The summed E-state index contributed by atoms with van der Waals surface area (Å²) in [6.07, 6.45) is 7.74. The van der Waals surface area contributed by atoms with Crippen molar-refractivity contribution < 1.29 is 9.90 Å². The van der Waals surface area contributed by atoms with Gasteiger partial charge < -0.3 is 20.2 Å². The van der Waals surface area contributed by atoms with Crippen molar-refractivity contribution in [1.82, 2.24) is 15.2 Å². The number of hydrogen-bond acceptors (Lipinski definition) is 4. The van der Waals surface area contributed by atoms with Crippen LogP contribution in [0.25, 0.3) is 0 Å². The van der Waals surface area contributed by atoms with Crippen molar-refractivity contribution in [2.24, 2.45) is 5.92 Å². The molecule has 2 fully saturated rings. The quantitative estimate of drug-likeness (QED) is 0.877. The fourth-order valence-corrected chi connectivity index (χ4v) is 3.95. The molecule has 138 valence electrons. The lowest BCUT2D eigenvalue weighted by Gasteiger charge is -2.37. The Morgan fingerprint density at radius 3 is 2.56 bits per heavy atom. The molecular formula is C19H30N4O2. The highest BCUT2D eigenvalue weighted by Gasteiger charge is 2.28. The SMILES string of the molecule is CN(C(=O)NC1CCN(c2ccccn2)CC1)C1CCC(CO)CC1. The minimum atomic E-state index is 0.0451. The van der Waals surface area contributed by atoms with Gasteiger partial charge in [0.2, 0.25) is 0 Å². The van der Waals surface area contributed by atoms with Gasteiger partial charge in [-0.05, 0) is 56.6 Å². The molecule has 0 atom stereocenters. The maximum atomic E-state index is 12.6. The summed E-state index contributed by atoms with van der Waals surface area (Å²) in [6.45, 7) is 2.12. The van der Waals surface area contributed by atoms with Crippen molar-refractivity contribution in [2.75, 3.05) is 31.6 Å². The van der Waals surface area contributed by atoms with Crippen LogP contribution < -0.4 is 10.2 Å². The molecule has 6 heteroatoms. The number of pyridine rings is 1. The maximum absolute atomic E-state index is 12.6. The van der Waals surface area contributed by atoms with E-state index < -0.39 is 0 Å². The van der Waals surface area contributed by atoms with Gasteiger partial charge in [0.25, 0.3) is 0 Å². The standard InChI is InChI=1S/C19H30N4O2/c1-22(17-7-5-15(14-24)6-8-17)19(25)21-16-9-12-23(13-10-16)18-4-2-3-11-20-18/h2-4,11,15-17,24H,5-10,12-14H2,1H3,(H,21,25). The first-order valence-corrected chi connectivity index (χ1v) is 9.47. The molecule has 2 heterocycles. The topological polar surface area (TPSA) is 68.7 Å². The zero-order valence-corrected chi connectivity index (χ0v) is 15.1. The van der Waals surface area contributed by atoms with Gasteiger partial charge >= 0.3 is 6.03 Å². The van der Waals surface area contributed by atoms with Gasteiger partial charge in [0.15, 0.2) is 0 Å². The van der Waals surface area contributed by atoms with Crippen molar-refractivity contribution >= 4 is 11.8 Å². The number of nitrogens with zero attached hydrogens (tertiary/aromatic N) is 3. The highest BCUT2D eigenvalue weighted by molar-refractivity contribution is 5.74. The first kappa shape index (κ1) is 18.0. The molecule has 2 aliphatic rings. The van der Waals surface area contributed by atoms with Gasteiger partial charge in [-0.3, -0.25) is 0 Å². The van der Waals surface area contributed by atoms with E-state index in [0.717, 1.165) is 57.4 Å². The van der Waals surface area contributed by atoms with Gasteiger partial charge in [0.05, 0.1) is 0 Å². The second kappa shape index (κ2) is 8.52. The molecule has 1 saturated heterocycles. The summed E-state index contributed by atoms with van der Waals surface area (Å²) in [6, 6.07) is 6.57. The second-order valence-electron chi connectivity index (χ2n) is 7.37. The molecule has 0 aromatic carbocycles. The Morgan fingerprint density at radius 2 is 1.96 bits per heavy atom. The molecule has 0 spiro atoms. The maximum Gasteiger partial charge on any atom is 0.317 e. The average molecular weight is 346 g/mol. The number of urea groups is 1. The molecule has 1 saturated carbocycles. The van der Waals surface area contributed by atoms with Crippen LogP contribution >= 0.6 is 0 Å². The fraction of sp³-hybridized carbons (Fsp3) is 0.684. The normalized spacial score (nSPS) is 24.8. The largest absolute Gasteiger partial charge is 0.396 e. The highest BCUT2D eigenvalue weighted by atomic mass is 16.3. The lowest BCUT2D eigenvalue weighted by molar-refractivity contribution is 0.132. The Balaban J connectivity index is 1.43. The molecule has 0 bridgehead atoms. The summed E-state index contributed by atoms with van der Waals surface area (Å²) in [5, 5.41) is 12.4. The molecule has 3 rings (SSSR count). The van der Waals surface area contributed by atoms with Gasteiger partial charge in [0, 0.05) is 45.0 Å². The van der Waals surface area contributed by atoms with Crippen LogP contribution in [-0.2, 0) is 0 Å². The van der Waals surface area contributed by atoms with E-state index in [1.54, 1.807) is 0 Å². The van der Waals surface area contributed by atoms with Crippen molar-refractivity contribution in [2.45, 2.75) is 50.6 Å². The molecule has 1 aliphatic heterocycles. The summed E-state index contributed by atoms with van der Waals surface area (Å²) in [4.78, 5) is 21.1. The first-order chi connectivity index (χ1) is 12.2. The number of piperidine rings is 1. The van der Waals surface area contributed by atoms with E-state index in [-0.39, 0.29) is 18.7 Å². The van der Waals surface area contributed by atoms with Gasteiger partial charge in [-0.2, -0.15) is 0 Å². The third-order valence-electron chi connectivity index (χ3n) is 5.74. The van der Waals surface area contributed by atoms with Crippen molar-refractivity contribution in [1.29, 1.82) is 0 Å². The number of rotatable bonds is 4.